The lowest BCUT2D eigenvalue weighted by molar-refractivity contribution is -0.153. The summed E-state index contributed by atoms with van der Waals surface area (Å²) in [6.07, 6.45) is 3.30. The Hall–Kier alpha value is -1.68. The topological polar surface area (TPSA) is 55.4 Å². The third kappa shape index (κ3) is 6.14. The number of carbonyl (C=O) groups excluding carboxylic acids is 2. The van der Waals surface area contributed by atoms with Crippen LogP contribution in [-0.2, 0) is 20.9 Å². The van der Waals surface area contributed by atoms with E-state index in [0.29, 0.717) is 31.1 Å². The van der Waals surface area contributed by atoms with Gasteiger partial charge in [0, 0.05) is 19.4 Å². The molecule has 2 rings (SSSR count). The smallest absolute Gasteiger partial charge is 0.320 e. The summed E-state index contributed by atoms with van der Waals surface area (Å²) in [4.78, 5) is 23.0. The molecule has 1 fully saturated rings. The van der Waals surface area contributed by atoms with Crippen molar-refractivity contribution in [3.05, 3.63) is 35.4 Å². The fraction of sp³-hybridized carbons (Fsp3) is 0.579. The third-order valence-electron chi connectivity index (χ3n) is 3.98. The molecular weight excluding hydrogens is 290 g/mol. The number of rotatable bonds is 5. The molecule has 4 nitrogen and oxygen atoms in total. The summed E-state index contributed by atoms with van der Waals surface area (Å²) < 4.78 is 5.27. The number of esters is 1. The van der Waals surface area contributed by atoms with Crippen molar-refractivity contribution in [1.29, 1.82) is 0 Å². The molecule has 0 saturated heterocycles. The number of hydrogen-bond acceptors (Lipinski definition) is 4. The molecule has 1 aromatic carbocycles. The minimum Gasteiger partial charge on any atom is -0.459 e. The lowest BCUT2D eigenvalue weighted by Gasteiger charge is -2.22. The molecule has 1 aromatic rings. The molecular formula is C19H27NO3. The maximum absolute atomic E-state index is 11.7. The summed E-state index contributed by atoms with van der Waals surface area (Å²) in [5, 5.41) is 3.13. The summed E-state index contributed by atoms with van der Waals surface area (Å²) >= 11 is 0. The number of ketones is 1. The third-order valence-corrected chi connectivity index (χ3v) is 3.98. The van der Waals surface area contributed by atoms with E-state index in [4.69, 9.17) is 4.74 Å². The first-order valence-corrected chi connectivity index (χ1v) is 8.36. The highest BCUT2D eigenvalue weighted by atomic mass is 16.6. The summed E-state index contributed by atoms with van der Waals surface area (Å²) in [5.41, 5.74) is 2.01. The van der Waals surface area contributed by atoms with Gasteiger partial charge in [0.2, 0.25) is 0 Å². The van der Waals surface area contributed by atoms with Crippen LogP contribution in [0.4, 0.5) is 0 Å². The summed E-state index contributed by atoms with van der Waals surface area (Å²) in [6.45, 7) is 6.44. The molecule has 0 heterocycles. The summed E-state index contributed by atoms with van der Waals surface area (Å²) in [5.74, 6) is 0.634. The molecule has 1 aliphatic carbocycles. The van der Waals surface area contributed by atoms with Gasteiger partial charge in [-0.1, -0.05) is 24.3 Å². The van der Waals surface area contributed by atoms with Gasteiger partial charge in [0.15, 0.2) is 0 Å². The van der Waals surface area contributed by atoms with Crippen molar-refractivity contribution in [2.45, 2.75) is 64.5 Å². The van der Waals surface area contributed by atoms with Crippen LogP contribution in [0, 0.1) is 0 Å². The molecule has 0 aliphatic heterocycles. The first-order valence-electron chi connectivity index (χ1n) is 8.36. The van der Waals surface area contributed by atoms with Crippen LogP contribution in [0.15, 0.2) is 24.3 Å². The molecule has 126 valence electrons. The Balaban J connectivity index is 1.83. The van der Waals surface area contributed by atoms with E-state index in [2.05, 4.69) is 29.6 Å². The molecule has 0 radical (unpaired) electrons. The quantitative estimate of drug-likeness (QED) is 0.846. The minimum absolute atomic E-state index is 0.208. The van der Waals surface area contributed by atoms with E-state index >= 15 is 0 Å². The second kappa shape index (κ2) is 7.73. The Morgan fingerprint density at radius 2 is 1.96 bits per heavy atom. The minimum atomic E-state index is -0.447. The fourth-order valence-corrected chi connectivity index (χ4v) is 2.92. The van der Waals surface area contributed by atoms with Crippen LogP contribution in [0.25, 0.3) is 0 Å². The van der Waals surface area contributed by atoms with E-state index in [1.165, 1.54) is 5.56 Å². The van der Waals surface area contributed by atoms with Gasteiger partial charge in [-0.2, -0.15) is 0 Å². The van der Waals surface area contributed by atoms with E-state index in [1.54, 1.807) is 0 Å². The number of benzene rings is 1. The van der Waals surface area contributed by atoms with Crippen molar-refractivity contribution in [2.75, 3.05) is 6.54 Å². The molecule has 1 N–H and O–H groups in total. The Morgan fingerprint density at radius 1 is 1.26 bits per heavy atom. The van der Waals surface area contributed by atoms with Gasteiger partial charge in [-0.25, -0.2) is 0 Å². The van der Waals surface area contributed by atoms with Gasteiger partial charge in [-0.3, -0.25) is 9.59 Å². The maximum Gasteiger partial charge on any atom is 0.320 e. The molecule has 0 aromatic heterocycles. The molecule has 0 bridgehead atoms. The second-order valence-electron chi connectivity index (χ2n) is 7.25. The van der Waals surface area contributed by atoms with Gasteiger partial charge in [0.05, 0.1) is 6.54 Å². The lowest BCUT2D eigenvalue weighted by Crippen LogP contribution is -2.31. The number of hydrogen-bond donors (Lipinski definition) is 1. The first kappa shape index (κ1) is 17.7. The van der Waals surface area contributed by atoms with Crippen molar-refractivity contribution >= 4 is 11.8 Å². The Kier molecular flexibility index (Phi) is 5.94. The van der Waals surface area contributed by atoms with Crippen LogP contribution in [0.1, 0.15) is 63.5 Å². The molecule has 0 unspecified atom stereocenters. The molecule has 4 heteroatoms. The van der Waals surface area contributed by atoms with Gasteiger partial charge in [-0.05, 0) is 50.7 Å². The van der Waals surface area contributed by atoms with Crippen LogP contribution < -0.4 is 5.32 Å². The number of nitrogens with one attached hydrogen (secondary N) is 1. The number of ether oxygens (including phenoxy) is 1. The van der Waals surface area contributed by atoms with Crippen molar-refractivity contribution in [3.8, 4) is 0 Å². The number of carbonyl (C=O) groups is 2. The lowest BCUT2D eigenvalue weighted by atomic mass is 9.83. The van der Waals surface area contributed by atoms with Gasteiger partial charge < -0.3 is 10.1 Å². The van der Waals surface area contributed by atoms with Crippen molar-refractivity contribution < 1.29 is 14.3 Å². The van der Waals surface area contributed by atoms with Gasteiger partial charge in [0.25, 0.3) is 0 Å². The van der Waals surface area contributed by atoms with Crippen molar-refractivity contribution in [2.24, 2.45) is 0 Å². The second-order valence-corrected chi connectivity index (χ2v) is 7.25. The largest absolute Gasteiger partial charge is 0.459 e. The predicted molar refractivity (Wildman–Crippen MR) is 90.2 cm³/mol. The van der Waals surface area contributed by atoms with Crippen LogP contribution in [0.3, 0.4) is 0 Å². The van der Waals surface area contributed by atoms with Gasteiger partial charge >= 0.3 is 5.97 Å². The Morgan fingerprint density at radius 3 is 2.61 bits per heavy atom. The number of Topliss-reactive ketones (excluding diaryl/α,β-unsaturated/α-hetero) is 1. The Labute approximate surface area is 138 Å². The predicted octanol–water partition coefficient (Wildman–Crippen LogP) is 3.34. The zero-order chi connectivity index (χ0) is 16.9. The summed E-state index contributed by atoms with van der Waals surface area (Å²) in [7, 11) is 0. The van der Waals surface area contributed by atoms with Crippen molar-refractivity contribution in [1.82, 2.24) is 5.32 Å². The molecule has 23 heavy (non-hydrogen) atoms. The van der Waals surface area contributed by atoms with Gasteiger partial charge in [0.1, 0.15) is 11.4 Å². The van der Waals surface area contributed by atoms with Crippen LogP contribution in [-0.4, -0.2) is 23.9 Å². The first-order chi connectivity index (χ1) is 10.8. The fourth-order valence-electron chi connectivity index (χ4n) is 2.92. The zero-order valence-corrected chi connectivity index (χ0v) is 14.4. The standard InChI is InChI=1S/C19H27NO3/c1-19(2,3)23-18(22)13-20-12-14-5-4-6-16(11-14)15-7-9-17(21)10-8-15/h4-6,11,15,20H,7-10,12-13H2,1-3H3. The van der Waals surface area contributed by atoms with E-state index < -0.39 is 5.60 Å². The zero-order valence-electron chi connectivity index (χ0n) is 14.4. The molecule has 0 spiro atoms. The van der Waals surface area contributed by atoms with E-state index in [-0.39, 0.29) is 12.5 Å². The summed E-state index contributed by atoms with van der Waals surface area (Å²) in [6, 6.07) is 8.43. The molecule has 1 aliphatic rings. The van der Waals surface area contributed by atoms with Crippen LogP contribution >= 0.6 is 0 Å². The highest BCUT2D eigenvalue weighted by Gasteiger charge is 2.20. The molecule has 1 saturated carbocycles. The van der Waals surface area contributed by atoms with E-state index in [1.807, 2.05) is 20.8 Å². The maximum atomic E-state index is 11.7. The van der Waals surface area contributed by atoms with E-state index in [9.17, 15) is 9.59 Å². The van der Waals surface area contributed by atoms with Crippen LogP contribution in [0.5, 0.6) is 0 Å². The highest BCUT2D eigenvalue weighted by molar-refractivity contribution is 5.79. The van der Waals surface area contributed by atoms with E-state index in [0.717, 1.165) is 18.4 Å². The van der Waals surface area contributed by atoms with Gasteiger partial charge in [-0.15, -0.1) is 0 Å². The molecule has 0 amide bonds. The SMILES string of the molecule is CC(C)(C)OC(=O)CNCc1cccc(C2CCC(=O)CC2)c1. The Bertz CT molecular complexity index is 550. The normalized spacial score (nSPS) is 16.4. The average Bonchev–Trinajstić information content (AvgIpc) is 2.46. The average molecular weight is 317 g/mol. The molecule has 0 atom stereocenters. The highest BCUT2D eigenvalue weighted by Crippen LogP contribution is 2.31. The monoisotopic (exact) mass is 317 g/mol. The van der Waals surface area contributed by atoms with Crippen LogP contribution in [0.2, 0.25) is 0 Å². The van der Waals surface area contributed by atoms with Crippen molar-refractivity contribution in [3.63, 3.8) is 0 Å².